The van der Waals surface area contributed by atoms with Gasteiger partial charge in [0.1, 0.15) is 5.82 Å². The fourth-order valence-electron chi connectivity index (χ4n) is 1.94. The molecule has 2 nitrogen and oxygen atoms in total. The van der Waals surface area contributed by atoms with Gasteiger partial charge in [-0.1, -0.05) is 29.8 Å². The average Bonchev–Trinajstić information content (AvgIpc) is 2.42. The molecule has 0 fully saturated rings. The second-order valence-corrected chi connectivity index (χ2v) is 5.14. The van der Waals surface area contributed by atoms with Crippen molar-refractivity contribution in [2.24, 2.45) is 0 Å². The van der Waals surface area contributed by atoms with Gasteiger partial charge in [0, 0.05) is 17.0 Å². The van der Waals surface area contributed by atoms with Gasteiger partial charge in [-0.25, -0.2) is 4.39 Å². The molecule has 0 aliphatic rings. The van der Waals surface area contributed by atoms with Gasteiger partial charge in [-0.3, -0.25) is 4.79 Å². The fraction of sp³-hybridized carbons (Fsp3) is 0.188. The fourth-order valence-corrected chi connectivity index (χ4v) is 2.16. The number of hydrogen-bond acceptors (Lipinski definition) is 2. The van der Waals surface area contributed by atoms with Crippen molar-refractivity contribution >= 4 is 18.5 Å². The molecule has 0 spiro atoms. The molecule has 4 heteroatoms. The molecule has 0 aromatic heterocycles. The third-order valence-corrected chi connectivity index (χ3v) is 3.33. The monoisotopic (exact) mass is 289 g/mol. The van der Waals surface area contributed by atoms with Gasteiger partial charge >= 0.3 is 0 Å². The number of halogens is 1. The van der Waals surface area contributed by atoms with E-state index in [1.165, 1.54) is 29.3 Å². The van der Waals surface area contributed by atoms with Crippen LogP contribution in [0.25, 0.3) is 0 Å². The van der Waals surface area contributed by atoms with Crippen molar-refractivity contribution < 1.29 is 9.18 Å². The molecule has 20 heavy (non-hydrogen) atoms. The third-order valence-electron chi connectivity index (χ3n) is 2.99. The molecule has 0 heterocycles. The van der Waals surface area contributed by atoms with Gasteiger partial charge < -0.3 is 5.32 Å². The van der Waals surface area contributed by atoms with Gasteiger partial charge in [0.15, 0.2) is 0 Å². The van der Waals surface area contributed by atoms with Crippen LogP contribution < -0.4 is 5.32 Å². The second-order valence-electron chi connectivity index (χ2n) is 4.66. The number of hydrogen-bond donors (Lipinski definition) is 2. The van der Waals surface area contributed by atoms with E-state index in [0.717, 1.165) is 6.42 Å². The second kappa shape index (κ2) is 6.57. The molecule has 0 atom stereocenters. The Kier molecular flexibility index (Phi) is 4.79. The van der Waals surface area contributed by atoms with E-state index in [1.807, 2.05) is 25.1 Å². The third kappa shape index (κ3) is 3.84. The summed E-state index contributed by atoms with van der Waals surface area (Å²) in [5.74, 6) is -0.641. The van der Waals surface area contributed by atoms with Crippen LogP contribution in [0, 0.1) is 12.7 Å². The molecule has 2 aromatic carbocycles. The summed E-state index contributed by atoms with van der Waals surface area (Å²) in [7, 11) is 0. The Hall–Kier alpha value is -1.81. The minimum atomic E-state index is -0.426. The lowest BCUT2D eigenvalue weighted by molar-refractivity contribution is 0.0954. The van der Waals surface area contributed by atoms with E-state index in [9.17, 15) is 9.18 Å². The average molecular weight is 289 g/mol. The van der Waals surface area contributed by atoms with Crippen LogP contribution in [-0.4, -0.2) is 12.5 Å². The minimum Gasteiger partial charge on any atom is -0.352 e. The molecule has 1 amide bonds. The van der Waals surface area contributed by atoms with Crippen molar-refractivity contribution in [3.63, 3.8) is 0 Å². The molecule has 1 N–H and O–H groups in total. The predicted octanol–water partition coefficient (Wildman–Crippen LogP) is 3.40. The smallest absolute Gasteiger partial charge is 0.251 e. The normalized spacial score (nSPS) is 10.3. The first-order valence-corrected chi connectivity index (χ1v) is 6.83. The summed E-state index contributed by atoms with van der Waals surface area (Å²) in [6, 6.07) is 12.3. The van der Waals surface area contributed by atoms with E-state index >= 15 is 0 Å². The van der Waals surface area contributed by atoms with Crippen molar-refractivity contribution in [3.8, 4) is 0 Å². The maximum Gasteiger partial charge on any atom is 0.251 e. The maximum absolute atomic E-state index is 13.1. The van der Waals surface area contributed by atoms with Crippen LogP contribution >= 0.6 is 12.6 Å². The van der Waals surface area contributed by atoms with Gasteiger partial charge in [0.2, 0.25) is 0 Å². The van der Waals surface area contributed by atoms with E-state index in [2.05, 4.69) is 24.0 Å². The first-order chi connectivity index (χ1) is 9.56. The molecule has 0 radical (unpaired) electrons. The zero-order valence-electron chi connectivity index (χ0n) is 11.2. The largest absolute Gasteiger partial charge is 0.352 e. The molecular formula is C16H16FNOS. The lowest BCUT2D eigenvalue weighted by Crippen LogP contribution is -2.25. The summed E-state index contributed by atoms with van der Waals surface area (Å²) in [6.45, 7) is 2.58. The summed E-state index contributed by atoms with van der Waals surface area (Å²) in [6.07, 6.45) is 0.766. The molecule has 0 unspecified atom stereocenters. The van der Waals surface area contributed by atoms with Crippen LogP contribution in [0.4, 0.5) is 4.39 Å². The molecule has 104 valence electrons. The summed E-state index contributed by atoms with van der Waals surface area (Å²) in [5.41, 5.74) is 2.80. The number of aryl methyl sites for hydroxylation is 1. The van der Waals surface area contributed by atoms with E-state index < -0.39 is 5.82 Å². The maximum atomic E-state index is 13.1. The highest BCUT2D eigenvalue weighted by Gasteiger charge is 2.07. The first kappa shape index (κ1) is 14.6. The van der Waals surface area contributed by atoms with E-state index in [-0.39, 0.29) is 10.8 Å². The summed E-state index contributed by atoms with van der Waals surface area (Å²) >= 11 is 3.97. The van der Waals surface area contributed by atoms with Gasteiger partial charge in [-0.2, -0.15) is 0 Å². The number of nitrogens with one attached hydrogen (secondary N) is 1. The molecule has 0 aliphatic heterocycles. The van der Waals surface area contributed by atoms with Crippen LogP contribution in [0.3, 0.4) is 0 Å². The van der Waals surface area contributed by atoms with Crippen molar-refractivity contribution in [1.29, 1.82) is 0 Å². The Bertz CT molecular complexity index is 628. The number of carbonyl (C=O) groups is 1. The summed E-state index contributed by atoms with van der Waals surface area (Å²) in [5, 5.41) is 2.82. The first-order valence-electron chi connectivity index (χ1n) is 6.38. The van der Waals surface area contributed by atoms with E-state index in [4.69, 9.17) is 0 Å². The van der Waals surface area contributed by atoms with Crippen molar-refractivity contribution in [1.82, 2.24) is 5.32 Å². The molecule has 0 saturated heterocycles. The van der Waals surface area contributed by atoms with Crippen LogP contribution in [-0.2, 0) is 6.42 Å². The Labute approximate surface area is 123 Å². The Morgan fingerprint density at radius 1 is 1.25 bits per heavy atom. The number of amides is 1. The number of benzene rings is 2. The highest BCUT2D eigenvalue weighted by molar-refractivity contribution is 7.80. The van der Waals surface area contributed by atoms with Crippen LogP contribution in [0.1, 0.15) is 21.5 Å². The topological polar surface area (TPSA) is 29.1 Å². The predicted molar refractivity (Wildman–Crippen MR) is 80.9 cm³/mol. The Morgan fingerprint density at radius 2 is 2.05 bits per heavy atom. The standard InChI is InChI=1S/C16H16FNOS/c1-11-3-2-4-12(9-11)7-8-18-16(19)13-5-6-14(17)15(20)10-13/h2-6,9-10,20H,7-8H2,1H3,(H,18,19). The highest BCUT2D eigenvalue weighted by atomic mass is 32.1. The van der Waals surface area contributed by atoms with Crippen molar-refractivity contribution in [2.75, 3.05) is 6.54 Å². The van der Waals surface area contributed by atoms with E-state index in [1.54, 1.807) is 0 Å². The van der Waals surface area contributed by atoms with Crippen LogP contribution in [0.2, 0.25) is 0 Å². The molecular weight excluding hydrogens is 273 g/mol. The summed E-state index contributed by atoms with van der Waals surface area (Å²) in [4.78, 5) is 12.1. The molecule has 2 rings (SSSR count). The van der Waals surface area contributed by atoms with Gasteiger partial charge in [-0.05, 0) is 37.1 Å². The summed E-state index contributed by atoms with van der Waals surface area (Å²) < 4.78 is 13.1. The lowest BCUT2D eigenvalue weighted by Gasteiger charge is -2.07. The number of rotatable bonds is 4. The molecule has 0 aliphatic carbocycles. The zero-order chi connectivity index (χ0) is 14.5. The van der Waals surface area contributed by atoms with Crippen molar-refractivity contribution in [3.05, 3.63) is 65.0 Å². The van der Waals surface area contributed by atoms with Gasteiger partial charge in [-0.15, -0.1) is 12.6 Å². The minimum absolute atomic E-state index is 0.177. The zero-order valence-corrected chi connectivity index (χ0v) is 12.1. The highest BCUT2D eigenvalue weighted by Crippen LogP contribution is 2.14. The Balaban J connectivity index is 1.90. The molecule has 2 aromatic rings. The number of thiol groups is 1. The van der Waals surface area contributed by atoms with Gasteiger partial charge in [0.25, 0.3) is 5.91 Å². The number of carbonyl (C=O) groups excluding carboxylic acids is 1. The van der Waals surface area contributed by atoms with Crippen molar-refractivity contribution in [2.45, 2.75) is 18.2 Å². The van der Waals surface area contributed by atoms with Gasteiger partial charge in [0.05, 0.1) is 0 Å². The quantitative estimate of drug-likeness (QED) is 0.830. The van der Waals surface area contributed by atoms with E-state index in [0.29, 0.717) is 12.1 Å². The lowest BCUT2D eigenvalue weighted by atomic mass is 10.1. The van der Waals surface area contributed by atoms with Crippen LogP contribution in [0.5, 0.6) is 0 Å². The Morgan fingerprint density at radius 3 is 2.75 bits per heavy atom. The SMILES string of the molecule is Cc1cccc(CCNC(=O)c2ccc(F)c(S)c2)c1. The van der Waals surface area contributed by atoms with Crippen LogP contribution in [0.15, 0.2) is 47.4 Å². The molecule has 0 bridgehead atoms. The molecule has 0 saturated carbocycles.